The molecule has 0 amide bonds. The lowest BCUT2D eigenvalue weighted by atomic mass is 10.1. The van der Waals surface area contributed by atoms with Crippen molar-refractivity contribution in [2.75, 3.05) is 11.4 Å². The van der Waals surface area contributed by atoms with E-state index >= 15 is 0 Å². The van der Waals surface area contributed by atoms with Gasteiger partial charge < -0.3 is 14.3 Å². The number of halogens is 2. The third kappa shape index (κ3) is 3.47. The first kappa shape index (κ1) is 19.8. The fourth-order valence-corrected chi connectivity index (χ4v) is 3.77. The molecule has 0 atom stereocenters. The zero-order chi connectivity index (χ0) is 22.2. The van der Waals surface area contributed by atoms with Crippen LogP contribution in [0.15, 0.2) is 41.1 Å². The highest BCUT2D eigenvalue weighted by molar-refractivity contribution is 5.59. The highest BCUT2D eigenvalue weighted by atomic mass is 19.1. The Morgan fingerprint density at radius 1 is 1.22 bits per heavy atom. The number of nitrogens with zero attached hydrogens (tertiary/aromatic N) is 7. The molecular weight excluding hydrogens is 416 g/mol. The summed E-state index contributed by atoms with van der Waals surface area (Å²) in [6, 6.07) is 7.81. The minimum absolute atomic E-state index is 0.0815. The van der Waals surface area contributed by atoms with Crippen LogP contribution in [-0.2, 0) is 19.5 Å². The van der Waals surface area contributed by atoms with E-state index in [2.05, 4.69) is 25.1 Å². The van der Waals surface area contributed by atoms with Gasteiger partial charge in [0.2, 0.25) is 0 Å². The maximum atomic E-state index is 14.6. The summed E-state index contributed by atoms with van der Waals surface area (Å²) >= 11 is 0. The van der Waals surface area contributed by atoms with E-state index in [1.54, 1.807) is 23.1 Å². The molecule has 8 nitrogen and oxygen atoms in total. The van der Waals surface area contributed by atoms with Crippen molar-refractivity contribution in [1.29, 1.82) is 0 Å². The van der Waals surface area contributed by atoms with Gasteiger partial charge >= 0.3 is 0 Å². The molecule has 5 rings (SSSR count). The second-order valence-corrected chi connectivity index (χ2v) is 7.46. The van der Waals surface area contributed by atoms with Crippen molar-refractivity contribution in [3.05, 3.63) is 82.2 Å². The van der Waals surface area contributed by atoms with Crippen molar-refractivity contribution in [3.63, 3.8) is 0 Å². The van der Waals surface area contributed by atoms with Crippen LogP contribution in [0.2, 0.25) is 0 Å². The maximum absolute atomic E-state index is 14.6. The Labute approximate surface area is 181 Å². The number of aromatic nitrogens is 5. The number of benzene rings is 1. The molecule has 4 heterocycles. The van der Waals surface area contributed by atoms with E-state index in [0.717, 1.165) is 17.5 Å². The Hall–Kier alpha value is -4.13. The lowest BCUT2D eigenvalue weighted by molar-refractivity contribution is 0.371. The molecule has 3 aromatic heterocycles. The molecule has 4 aromatic rings. The highest BCUT2D eigenvalue weighted by Gasteiger charge is 2.26. The molecule has 1 aliphatic heterocycles. The largest absolute Gasteiger partial charge is 0.362 e. The smallest absolute Gasteiger partial charge is 0.253 e. The van der Waals surface area contributed by atoms with Crippen molar-refractivity contribution in [2.24, 2.45) is 0 Å². The molecule has 1 aliphatic rings. The topological polar surface area (TPSA) is 77.2 Å². The quantitative estimate of drug-likeness (QED) is 0.452. The van der Waals surface area contributed by atoms with Crippen LogP contribution in [0.3, 0.4) is 0 Å². The third-order valence-corrected chi connectivity index (χ3v) is 5.44. The van der Waals surface area contributed by atoms with E-state index in [9.17, 15) is 8.78 Å². The van der Waals surface area contributed by atoms with Gasteiger partial charge in [-0.15, -0.1) is 0 Å². The second kappa shape index (κ2) is 7.85. The maximum Gasteiger partial charge on any atom is 0.253 e. The average Bonchev–Trinajstić information content (AvgIpc) is 3.38. The molecule has 0 unspecified atom stereocenters. The Bertz CT molecular complexity index is 1350. The zero-order valence-corrected chi connectivity index (χ0v) is 17.1. The number of aryl methyl sites for hydroxylation is 1. The molecule has 0 bridgehead atoms. The van der Waals surface area contributed by atoms with Gasteiger partial charge in [0, 0.05) is 17.7 Å². The summed E-state index contributed by atoms with van der Waals surface area (Å²) in [5.41, 5.74) is 2.60. The number of rotatable bonds is 4. The predicted molar refractivity (Wildman–Crippen MR) is 111 cm³/mol. The van der Waals surface area contributed by atoms with Crippen LogP contribution in [-0.4, -0.2) is 31.4 Å². The van der Waals surface area contributed by atoms with Crippen LogP contribution in [0.1, 0.15) is 22.6 Å². The minimum atomic E-state index is -0.565. The molecular formula is C22H17F2N7O. The fraction of sp³-hybridized carbons (Fsp3) is 0.227. The van der Waals surface area contributed by atoms with Crippen LogP contribution in [0.25, 0.3) is 16.4 Å². The van der Waals surface area contributed by atoms with Gasteiger partial charge in [-0.1, -0.05) is 35.0 Å². The van der Waals surface area contributed by atoms with E-state index in [1.165, 1.54) is 16.8 Å². The number of hydrogen-bond acceptors (Lipinski definition) is 6. The standard InChI is InChI=1S/C22H17F2N7O/c1-13-15-7-8-30(12-19(15)32-29-13)22-17(24)10-26-21(27-22)18-9-20(25-2)31(28-18)11-14-5-3-4-6-16(14)23/h3-6,9-10H,7-8,11-12H2,1H3. The second-order valence-electron chi connectivity index (χ2n) is 7.46. The van der Waals surface area contributed by atoms with Gasteiger partial charge in [-0.2, -0.15) is 4.68 Å². The lowest BCUT2D eigenvalue weighted by Gasteiger charge is -2.26. The Balaban J connectivity index is 1.47. The van der Waals surface area contributed by atoms with E-state index < -0.39 is 5.82 Å². The monoisotopic (exact) mass is 433 g/mol. The van der Waals surface area contributed by atoms with Crippen LogP contribution >= 0.6 is 0 Å². The fourth-order valence-electron chi connectivity index (χ4n) is 3.77. The SMILES string of the molecule is [C-]#[N+]c1cc(-c2ncc(F)c(N3CCc4c(C)noc4C3)n2)nn1Cc1ccccc1F. The summed E-state index contributed by atoms with van der Waals surface area (Å²) in [7, 11) is 0. The average molecular weight is 433 g/mol. The van der Waals surface area contributed by atoms with E-state index in [4.69, 9.17) is 11.1 Å². The molecule has 0 fully saturated rings. The highest BCUT2D eigenvalue weighted by Crippen LogP contribution is 2.29. The molecule has 10 heteroatoms. The summed E-state index contributed by atoms with van der Waals surface area (Å²) in [5.74, 6) is 0.258. The summed E-state index contributed by atoms with van der Waals surface area (Å²) in [4.78, 5) is 13.7. The summed E-state index contributed by atoms with van der Waals surface area (Å²) in [6.45, 7) is 10.3. The van der Waals surface area contributed by atoms with Crippen molar-refractivity contribution in [1.82, 2.24) is 24.9 Å². The first-order chi connectivity index (χ1) is 15.5. The molecule has 32 heavy (non-hydrogen) atoms. The first-order valence-corrected chi connectivity index (χ1v) is 9.94. The summed E-state index contributed by atoms with van der Waals surface area (Å²) < 4.78 is 35.4. The van der Waals surface area contributed by atoms with Crippen molar-refractivity contribution in [2.45, 2.75) is 26.4 Å². The first-order valence-electron chi connectivity index (χ1n) is 9.94. The summed E-state index contributed by atoms with van der Waals surface area (Å²) in [6.07, 6.45) is 1.76. The minimum Gasteiger partial charge on any atom is -0.362 e. The molecule has 0 radical (unpaired) electrons. The van der Waals surface area contributed by atoms with E-state index in [-0.39, 0.29) is 29.8 Å². The van der Waals surface area contributed by atoms with E-state index in [1.807, 2.05) is 6.92 Å². The van der Waals surface area contributed by atoms with Crippen molar-refractivity contribution in [3.8, 4) is 11.5 Å². The zero-order valence-electron chi connectivity index (χ0n) is 17.1. The van der Waals surface area contributed by atoms with E-state index in [0.29, 0.717) is 36.5 Å². The molecule has 1 aromatic carbocycles. The van der Waals surface area contributed by atoms with Crippen LogP contribution < -0.4 is 4.90 Å². The molecule has 0 N–H and O–H groups in total. The molecule has 0 spiro atoms. The van der Waals surface area contributed by atoms with Gasteiger partial charge in [0.05, 0.1) is 18.4 Å². The van der Waals surface area contributed by atoms with Crippen molar-refractivity contribution >= 4 is 11.6 Å². The van der Waals surface area contributed by atoms with Gasteiger partial charge in [0.25, 0.3) is 5.82 Å². The van der Waals surface area contributed by atoms with Gasteiger partial charge in [-0.25, -0.2) is 18.7 Å². The summed E-state index contributed by atoms with van der Waals surface area (Å²) in [5, 5.41) is 8.37. The Morgan fingerprint density at radius 3 is 2.88 bits per heavy atom. The molecule has 0 saturated heterocycles. The molecule has 0 aliphatic carbocycles. The molecule has 160 valence electrons. The normalized spacial score (nSPS) is 13.1. The Kier molecular flexibility index (Phi) is 4.86. The number of hydrogen-bond donors (Lipinski definition) is 0. The van der Waals surface area contributed by atoms with Gasteiger partial charge in [0.1, 0.15) is 18.1 Å². The third-order valence-electron chi connectivity index (χ3n) is 5.44. The van der Waals surface area contributed by atoms with Gasteiger partial charge in [-0.05, 0) is 25.5 Å². The lowest BCUT2D eigenvalue weighted by Crippen LogP contribution is -2.31. The van der Waals surface area contributed by atoms with Crippen LogP contribution in [0.4, 0.5) is 20.4 Å². The molecule has 0 saturated carbocycles. The van der Waals surface area contributed by atoms with Crippen LogP contribution in [0.5, 0.6) is 0 Å². The van der Waals surface area contributed by atoms with Crippen molar-refractivity contribution < 1.29 is 13.3 Å². The van der Waals surface area contributed by atoms with Crippen LogP contribution in [0, 0.1) is 25.1 Å². The van der Waals surface area contributed by atoms with Gasteiger partial charge in [0.15, 0.2) is 23.2 Å². The Morgan fingerprint density at radius 2 is 2.06 bits per heavy atom. The predicted octanol–water partition coefficient (Wildman–Crippen LogP) is 4.08. The number of anilines is 1. The number of fused-ring (bicyclic) bond motifs is 1. The van der Waals surface area contributed by atoms with Gasteiger partial charge in [-0.3, -0.25) is 0 Å².